The molecule has 0 saturated heterocycles. The molecule has 0 aromatic carbocycles. The molecule has 1 aliphatic carbocycles. The van der Waals surface area contributed by atoms with Crippen LogP contribution in [-0.4, -0.2) is 27.6 Å². The van der Waals surface area contributed by atoms with Gasteiger partial charge in [0.2, 0.25) is 5.91 Å². The van der Waals surface area contributed by atoms with Crippen LogP contribution in [0.5, 0.6) is 0 Å². The molecule has 0 unspecified atom stereocenters. The van der Waals surface area contributed by atoms with E-state index < -0.39 is 0 Å². The molecule has 0 aliphatic heterocycles. The Balaban J connectivity index is 1.59. The average molecular weight is 312 g/mol. The molecule has 2 N–H and O–H groups in total. The summed E-state index contributed by atoms with van der Waals surface area (Å²) in [6.45, 7) is 0.578. The number of amides is 1. The van der Waals surface area contributed by atoms with E-state index in [0.29, 0.717) is 12.2 Å². The number of pyridine rings is 1. The van der Waals surface area contributed by atoms with E-state index in [1.54, 1.807) is 12.4 Å². The molecule has 0 saturated carbocycles. The molecule has 1 amide bonds. The molecule has 6 heteroatoms. The van der Waals surface area contributed by atoms with Gasteiger partial charge in [0.15, 0.2) is 0 Å². The number of H-pyrrole nitrogens is 1. The van der Waals surface area contributed by atoms with Gasteiger partial charge in [0, 0.05) is 24.5 Å². The third-order valence-corrected chi connectivity index (χ3v) is 4.20. The number of nitrogens with one attached hydrogen (secondary N) is 2. The largest absolute Gasteiger partial charge is 0.355 e. The minimum Gasteiger partial charge on any atom is -0.355 e. The number of hydrogen-bond donors (Lipinski definition) is 2. The van der Waals surface area contributed by atoms with Gasteiger partial charge in [-0.15, -0.1) is 0 Å². The van der Waals surface area contributed by atoms with Gasteiger partial charge >= 0.3 is 0 Å². The number of fused-ring (bicyclic) bond motifs is 1. The number of aromatic amines is 1. The van der Waals surface area contributed by atoms with Crippen molar-refractivity contribution in [3.05, 3.63) is 57.3 Å². The number of carbonyl (C=O) groups is 1. The van der Waals surface area contributed by atoms with Crippen molar-refractivity contribution in [2.24, 2.45) is 0 Å². The van der Waals surface area contributed by atoms with Gasteiger partial charge in [-0.2, -0.15) is 5.10 Å². The lowest BCUT2D eigenvalue weighted by Gasteiger charge is -2.17. The summed E-state index contributed by atoms with van der Waals surface area (Å²) in [6, 6.07) is 3.87. The van der Waals surface area contributed by atoms with E-state index in [4.69, 9.17) is 0 Å². The van der Waals surface area contributed by atoms with E-state index in [0.717, 1.165) is 48.8 Å². The molecule has 23 heavy (non-hydrogen) atoms. The highest BCUT2D eigenvalue weighted by Gasteiger charge is 2.19. The summed E-state index contributed by atoms with van der Waals surface area (Å²) in [5, 5.41) is 9.52. The maximum absolute atomic E-state index is 12.1. The van der Waals surface area contributed by atoms with E-state index >= 15 is 0 Å². The molecular weight excluding hydrogens is 292 g/mol. The van der Waals surface area contributed by atoms with Crippen molar-refractivity contribution in [2.75, 3.05) is 6.54 Å². The van der Waals surface area contributed by atoms with Crippen LogP contribution in [0.1, 0.15) is 35.2 Å². The number of rotatable bonds is 5. The summed E-state index contributed by atoms with van der Waals surface area (Å²) in [5.74, 6) is -0.0635. The normalized spacial score (nSPS) is 13.4. The fourth-order valence-electron chi connectivity index (χ4n) is 2.98. The summed E-state index contributed by atoms with van der Waals surface area (Å²) in [4.78, 5) is 27.9. The quantitative estimate of drug-likeness (QED) is 0.860. The van der Waals surface area contributed by atoms with E-state index in [9.17, 15) is 9.59 Å². The Morgan fingerprint density at radius 3 is 2.70 bits per heavy atom. The maximum atomic E-state index is 12.1. The van der Waals surface area contributed by atoms with Crippen LogP contribution in [0, 0.1) is 0 Å². The van der Waals surface area contributed by atoms with Crippen LogP contribution >= 0.6 is 0 Å². The molecule has 120 valence electrons. The van der Waals surface area contributed by atoms with E-state index in [1.165, 1.54) is 0 Å². The molecule has 0 bridgehead atoms. The number of nitrogens with zero attached hydrogens (tertiary/aromatic N) is 2. The van der Waals surface area contributed by atoms with Gasteiger partial charge in [0.05, 0.1) is 12.1 Å². The van der Waals surface area contributed by atoms with Gasteiger partial charge in [0.1, 0.15) is 0 Å². The minimum atomic E-state index is -0.110. The lowest BCUT2D eigenvalue weighted by molar-refractivity contribution is -0.120. The highest BCUT2D eigenvalue weighted by Crippen LogP contribution is 2.20. The van der Waals surface area contributed by atoms with Crippen LogP contribution < -0.4 is 10.9 Å². The van der Waals surface area contributed by atoms with Gasteiger partial charge < -0.3 is 5.32 Å². The molecule has 1 aliphatic rings. The zero-order valence-corrected chi connectivity index (χ0v) is 13.0. The molecular formula is C17H20N4O2. The SMILES string of the molecule is O=C(Cc1n[nH]c(=O)c2c1CCCC2)NCCc1ccncc1. The van der Waals surface area contributed by atoms with Crippen molar-refractivity contribution < 1.29 is 4.79 Å². The number of aromatic nitrogens is 3. The first-order valence-corrected chi connectivity index (χ1v) is 7.99. The van der Waals surface area contributed by atoms with Crippen LogP contribution in [0.4, 0.5) is 0 Å². The molecule has 2 aromatic rings. The highest BCUT2D eigenvalue weighted by atomic mass is 16.1. The Kier molecular flexibility index (Phi) is 4.80. The van der Waals surface area contributed by atoms with Crippen molar-refractivity contribution in [1.29, 1.82) is 0 Å². The maximum Gasteiger partial charge on any atom is 0.267 e. The zero-order valence-electron chi connectivity index (χ0n) is 13.0. The highest BCUT2D eigenvalue weighted by molar-refractivity contribution is 5.78. The molecule has 2 heterocycles. The first-order valence-electron chi connectivity index (χ1n) is 7.99. The molecule has 3 rings (SSSR count). The Morgan fingerprint density at radius 2 is 1.91 bits per heavy atom. The third-order valence-electron chi connectivity index (χ3n) is 4.20. The summed E-state index contributed by atoms with van der Waals surface area (Å²) in [5.41, 5.74) is 3.53. The second-order valence-electron chi connectivity index (χ2n) is 5.80. The zero-order chi connectivity index (χ0) is 16.1. The third kappa shape index (κ3) is 3.83. The fourth-order valence-corrected chi connectivity index (χ4v) is 2.98. The molecule has 0 atom stereocenters. The lowest BCUT2D eigenvalue weighted by atomic mass is 9.91. The van der Waals surface area contributed by atoms with E-state index in [-0.39, 0.29) is 17.9 Å². The van der Waals surface area contributed by atoms with Gasteiger partial charge in [-0.25, -0.2) is 5.10 Å². The van der Waals surface area contributed by atoms with Crippen LogP contribution in [-0.2, 0) is 30.5 Å². The topological polar surface area (TPSA) is 87.7 Å². The molecule has 0 spiro atoms. The van der Waals surface area contributed by atoms with Crippen molar-refractivity contribution >= 4 is 5.91 Å². The Labute approximate surface area is 134 Å². The summed E-state index contributed by atoms with van der Waals surface area (Å²) < 4.78 is 0. The smallest absolute Gasteiger partial charge is 0.267 e. The first kappa shape index (κ1) is 15.4. The lowest BCUT2D eigenvalue weighted by Crippen LogP contribution is -2.30. The predicted molar refractivity (Wildman–Crippen MR) is 86.2 cm³/mol. The molecule has 0 fully saturated rings. The van der Waals surface area contributed by atoms with Crippen LogP contribution in [0.15, 0.2) is 29.3 Å². The number of hydrogen-bond acceptors (Lipinski definition) is 4. The fraction of sp³-hybridized carbons (Fsp3) is 0.412. The summed E-state index contributed by atoms with van der Waals surface area (Å²) in [6.07, 6.45) is 8.17. The van der Waals surface area contributed by atoms with E-state index in [1.807, 2.05) is 12.1 Å². The summed E-state index contributed by atoms with van der Waals surface area (Å²) in [7, 11) is 0. The van der Waals surface area contributed by atoms with Crippen LogP contribution in [0.3, 0.4) is 0 Å². The van der Waals surface area contributed by atoms with Gasteiger partial charge in [-0.1, -0.05) is 0 Å². The number of carbonyl (C=O) groups excluding carboxylic acids is 1. The van der Waals surface area contributed by atoms with Gasteiger partial charge in [-0.3, -0.25) is 14.6 Å². The van der Waals surface area contributed by atoms with Crippen molar-refractivity contribution in [2.45, 2.75) is 38.5 Å². The molecule has 2 aromatic heterocycles. The second-order valence-corrected chi connectivity index (χ2v) is 5.80. The Bertz CT molecular complexity index is 740. The second kappa shape index (κ2) is 7.17. The van der Waals surface area contributed by atoms with Crippen molar-refractivity contribution in [1.82, 2.24) is 20.5 Å². The monoisotopic (exact) mass is 312 g/mol. The predicted octanol–water partition coefficient (Wildman–Crippen LogP) is 0.945. The molecule has 6 nitrogen and oxygen atoms in total. The van der Waals surface area contributed by atoms with E-state index in [2.05, 4.69) is 20.5 Å². The standard InChI is InChI=1S/C17H20N4O2/c22-16(19-10-7-12-5-8-18-9-6-12)11-15-13-3-1-2-4-14(13)17(23)21-20-15/h5-6,8-9H,1-4,7,10-11H2,(H,19,22)(H,21,23). The minimum absolute atomic E-state index is 0.0635. The average Bonchev–Trinajstić information content (AvgIpc) is 2.59. The summed E-state index contributed by atoms with van der Waals surface area (Å²) >= 11 is 0. The van der Waals surface area contributed by atoms with Crippen LogP contribution in [0.2, 0.25) is 0 Å². The van der Waals surface area contributed by atoms with Gasteiger partial charge in [-0.05, 0) is 55.4 Å². The van der Waals surface area contributed by atoms with Crippen molar-refractivity contribution in [3.63, 3.8) is 0 Å². The Morgan fingerprint density at radius 1 is 1.17 bits per heavy atom. The molecule has 0 radical (unpaired) electrons. The van der Waals surface area contributed by atoms with Crippen molar-refractivity contribution in [3.8, 4) is 0 Å². The van der Waals surface area contributed by atoms with Crippen LogP contribution in [0.25, 0.3) is 0 Å². The Hall–Kier alpha value is -2.50. The van der Waals surface area contributed by atoms with Gasteiger partial charge in [0.25, 0.3) is 5.56 Å². The first-order chi connectivity index (χ1) is 11.2.